The fourth-order valence-electron chi connectivity index (χ4n) is 4.88. The van der Waals surface area contributed by atoms with Crippen molar-refractivity contribution in [2.75, 3.05) is 91.7 Å². The molecule has 74 heavy (non-hydrogen) atoms. The molecule has 0 aromatic carbocycles. The van der Waals surface area contributed by atoms with Gasteiger partial charge in [0.05, 0.1) is 85.0 Å². The molecule has 0 fully saturated rings. The minimum absolute atomic E-state index is 0.0483. The van der Waals surface area contributed by atoms with Gasteiger partial charge in [-0.1, -0.05) is 0 Å². The Bertz CT molecular complexity index is 2040. The van der Waals surface area contributed by atoms with Gasteiger partial charge in [0.25, 0.3) is 0 Å². The molecule has 25 N–H and O–H groups in total. The van der Waals surface area contributed by atoms with E-state index in [1.165, 1.54) is 0 Å². The summed E-state index contributed by atoms with van der Waals surface area (Å²) in [5.74, 6) is -14.7. The maximum atomic E-state index is 13.0. The molecule has 37 nitrogen and oxygen atoms in total. The van der Waals surface area contributed by atoms with Crippen LogP contribution in [0.4, 0.5) is 0 Å². The molecule has 0 saturated heterocycles. The molecular weight excluding hydrogens is 999 g/mol. The van der Waals surface area contributed by atoms with E-state index in [2.05, 4.69) is 74.4 Å². The monoisotopic (exact) mass is 1060 g/mol. The van der Waals surface area contributed by atoms with Crippen LogP contribution in [0.25, 0.3) is 0 Å². The number of aliphatic hydroxyl groups is 1. The fourth-order valence-corrected chi connectivity index (χ4v) is 4.88. The van der Waals surface area contributed by atoms with Gasteiger partial charge in [-0.25, -0.2) is 0 Å². The van der Waals surface area contributed by atoms with E-state index < -0.39 is 211 Å². The molecule has 0 spiro atoms. The van der Waals surface area contributed by atoms with Crippen molar-refractivity contribution in [1.82, 2.24) is 79.8 Å². The highest BCUT2D eigenvalue weighted by molar-refractivity contribution is 5.97. The first kappa shape index (κ1) is 65.3. The Morgan fingerprint density at radius 1 is 0.378 bits per heavy atom. The van der Waals surface area contributed by atoms with Crippen molar-refractivity contribution < 1.29 is 86.9 Å². The van der Waals surface area contributed by atoms with Crippen LogP contribution in [0.1, 0.15) is 19.3 Å². The van der Waals surface area contributed by atoms with Gasteiger partial charge in [-0.15, -0.1) is 0 Å². The van der Waals surface area contributed by atoms with Crippen LogP contribution in [0.15, 0.2) is 0 Å². The zero-order chi connectivity index (χ0) is 56.2. The smallest absolute Gasteiger partial charge is 0.322 e. The first-order valence-corrected chi connectivity index (χ1v) is 21.7. The number of rotatable bonds is 37. The van der Waals surface area contributed by atoms with E-state index in [1.807, 2.05) is 5.32 Å². The van der Waals surface area contributed by atoms with Gasteiger partial charge >= 0.3 is 5.97 Å². The number of nitrogens with two attached hydrogens (primary N) is 4. The predicted molar refractivity (Wildman–Crippen MR) is 246 cm³/mol. The van der Waals surface area contributed by atoms with Crippen LogP contribution < -0.4 is 103 Å². The predicted octanol–water partition coefficient (Wildman–Crippen LogP) is -15.8. The van der Waals surface area contributed by atoms with Crippen molar-refractivity contribution in [3.63, 3.8) is 0 Å². The van der Waals surface area contributed by atoms with Crippen LogP contribution in [0, 0.1) is 0 Å². The molecule has 0 aromatic rings. The van der Waals surface area contributed by atoms with Crippen LogP contribution in [0.5, 0.6) is 0 Å². The van der Waals surface area contributed by atoms with Crippen LogP contribution in [-0.4, -0.2) is 221 Å². The normalized spacial score (nSPS) is 11.5. The van der Waals surface area contributed by atoms with E-state index in [0.29, 0.717) is 0 Å². The Balaban J connectivity index is 4.89. The second-order valence-electron chi connectivity index (χ2n) is 14.9. The number of aliphatic carboxylic acids is 1. The molecule has 0 unspecified atom stereocenters. The lowest BCUT2D eigenvalue weighted by Crippen LogP contribution is -2.53. The maximum absolute atomic E-state index is 13.0. The fraction of sp³-hybridized carbons (Fsp3) is 0.568. The summed E-state index contributed by atoms with van der Waals surface area (Å²) < 4.78 is 0. The van der Waals surface area contributed by atoms with Crippen molar-refractivity contribution in [3.8, 4) is 0 Å². The zero-order valence-corrected chi connectivity index (χ0v) is 39.6. The summed E-state index contributed by atoms with van der Waals surface area (Å²) in [5, 5.41) is 50.2. The van der Waals surface area contributed by atoms with Crippen LogP contribution in [0.2, 0.25) is 0 Å². The third-order valence-corrected chi connectivity index (χ3v) is 8.57. The quantitative estimate of drug-likeness (QED) is 0.0203. The largest absolute Gasteiger partial charge is 0.480 e. The summed E-state index contributed by atoms with van der Waals surface area (Å²) in [6.45, 7) is -8.46. The van der Waals surface area contributed by atoms with E-state index in [0.717, 1.165) is 0 Å². The molecule has 15 amide bonds. The molecule has 3 atom stereocenters. The van der Waals surface area contributed by atoms with E-state index >= 15 is 0 Å². The van der Waals surface area contributed by atoms with E-state index in [9.17, 15) is 76.7 Å². The second kappa shape index (κ2) is 37.1. The topological polar surface area (TPSA) is 598 Å². The first-order valence-electron chi connectivity index (χ1n) is 21.7. The molecule has 0 rings (SSSR count). The molecule has 0 radical (unpaired) electrons. The highest BCUT2D eigenvalue weighted by Gasteiger charge is 2.25. The third-order valence-electron chi connectivity index (χ3n) is 8.57. The Morgan fingerprint density at radius 2 is 0.662 bits per heavy atom. The third kappa shape index (κ3) is 34.6. The lowest BCUT2D eigenvalue weighted by Gasteiger charge is -2.19. The minimum Gasteiger partial charge on any atom is -0.480 e. The SMILES string of the molecule is NC(=O)C[C@H](NC(=O)CNC(=O)CNC(=O)[C@H](CCCNC(N)N)NC(=O)CNC(=O)CNC(=O)CNC(=O)CNC(=O)[C@@H](N)CO)C(=O)NCC(=O)NCC(=O)NCC(=O)NCC(=O)NCC(=O)NCC(=O)O. The molecule has 0 aromatic heterocycles. The van der Waals surface area contributed by atoms with Crippen molar-refractivity contribution in [2.45, 2.75) is 43.7 Å². The van der Waals surface area contributed by atoms with Gasteiger partial charge in [-0.2, -0.15) is 0 Å². The number of nitrogens with one attached hydrogen (secondary N) is 15. The number of carboxylic acids is 1. The Morgan fingerprint density at radius 3 is 0.973 bits per heavy atom. The lowest BCUT2D eigenvalue weighted by atomic mass is 10.1. The van der Waals surface area contributed by atoms with Gasteiger partial charge in [0.1, 0.15) is 31.0 Å². The van der Waals surface area contributed by atoms with Crippen molar-refractivity contribution in [2.24, 2.45) is 22.9 Å². The van der Waals surface area contributed by atoms with E-state index in [4.69, 9.17) is 33.1 Å². The first-order chi connectivity index (χ1) is 34.8. The van der Waals surface area contributed by atoms with E-state index in [-0.39, 0.29) is 19.4 Å². The number of carbonyl (C=O) groups excluding carboxylic acids is 15. The number of carboxylic acid groups (broad SMARTS) is 1. The Hall–Kier alpha value is -8.68. The summed E-state index contributed by atoms with van der Waals surface area (Å²) in [5.41, 5.74) is 21.4. The molecule has 0 saturated carbocycles. The number of hydrogen-bond acceptors (Lipinski definition) is 21. The Kier molecular flexibility index (Phi) is 32.8. The van der Waals surface area contributed by atoms with Crippen LogP contribution in [-0.2, 0) is 76.7 Å². The van der Waals surface area contributed by atoms with Gasteiger partial charge in [-0.05, 0) is 19.4 Å². The van der Waals surface area contributed by atoms with Crippen LogP contribution in [0.3, 0.4) is 0 Å². The number of amides is 15. The van der Waals surface area contributed by atoms with Crippen molar-refractivity contribution in [1.29, 1.82) is 0 Å². The second-order valence-corrected chi connectivity index (χ2v) is 14.9. The molecule has 0 aliphatic heterocycles. The summed E-state index contributed by atoms with van der Waals surface area (Å²) in [7, 11) is 0. The number of aliphatic hydroxyl groups excluding tert-OH is 1. The number of hydrogen-bond donors (Lipinski definition) is 21. The summed E-state index contributed by atoms with van der Waals surface area (Å²) in [4.78, 5) is 192. The number of carbonyl (C=O) groups is 16. The van der Waals surface area contributed by atoms with Crippen molar-refractivity contribution in [3.05, 3.63) is 0 Å². The zero-order valence-electron chi connectivity index (χ0n) is 39.6. The molecule has 0 heterocycles. The molecule has 0 bridgehead atoms. The highest BCUT2D eigenvalue weighted by Crippen LogP contribution is 1.98. The minimum atomic E-state index is -1.66. The average molecular weight is 1060 g/mol. The van der Waals surface area contributed by atoms with Gasteiger partial charge in [-0.3, -0.25) is 82.0 Å². The number of primary amides is 1. The average Bonchev–Trinajstić information content (AvgIpc) is 3.35. The summed E-state index contributed by atoms with van der Waals surface area (Å²) >= 11 is 0. The van der Waals surface area contributed by atoms with Gasteiger partial charge in [0, 0.05) is 0 Å². The lowest BCUT2D eigenvalue weighted by molar-refractivity contribution is -0.138. The summed E-state index contributed by atoms with van der Waals surface area (Å²) in [6.07, 6.45) is -1.52. The molecular formula is C37H63N19O18. The van der Waals surface area contributed by atoms with Crippen molar-refractivity contribution >= 4 is 94.6 Å². The highest BCUT2D eigenvalue weighted by atomic mass is 16.4. The van der Waals surface area contributed by atoms with Gasteiger partial charge in [0.2, 0.25) is 88.6 Å². The standard InChI is InChI=1S/C37H63N19O18/c38-18(17-57)34(72)52-11-28(65)47-7-24(61)45-9-26(63)49-14-31(68)55-19(2-1-3-42-37(40)41)35(73)53-12-30(67)50-15-32(69)56-20(4-21(39)58)36(74)54-13-29(66)48-8-25(62)44-5-22(59)43-6-23(60)46-10-27(64)51-16-33(70)71/h18-20,37,42,57H,1-17,38,40-41H2,(H2,39,58)(H,43,59)(H,44,62)(H,45,61)(H,46,60)(H,47,65)(H,48,66)(H,49,63)(H,50,67)(H,51,64)(H,52,72)(H,53,73)(H,54,74)(H,55,68)(H,56,69)(H,70,71)/t18-,19-,20-/m0/s1. The molecule has 37 heteroatoms. The Labute approximate surface area is 419 Å². The van der Waals surface area contributed by atoms with Gasteiger partial charge in [0.15, 0.2) is 0 Å². The molecule has 414 valence electrons. The molecule has 0 aliphatic rings. The summed E-state index contributed by atoms with van der Waals surface area (Å²) in [6, 6.07) is -4.21. The van der Waals surface area contributed by atoms with E-state index in [1.54, 1.807) is 0 Å². The van der Waals surface area contributed by atoms with Crippen LogP contribution >= 0.6 is 0 Å². The maximum Gasteiger partial charge on any atom is 0.322 e. The van der Waals surface area contributed by atoms with Gasteiger partial charge < -0.3 is 108 Å². The molecule has 0 aliphatic carbocycles.